The van der Waals surface area contributed by atoms with Gasteiger partial charge in [-0.25, -0.2) is 0 Å². The Bertz CT molecular complexity index is 7010. The van der Waals surface area contributed by atoms with Crippen LogP contribution in [0.25, 0.3) is 132 Å². The van der Waals surface area contributed by atoms with E-state index >= 15 is 0 Å². The molecule has 0 saturated carbocycles. The smallest absolute Gasteiger partial charge is 0.0645 e. The summed E-state index contributed by atoms with van der Waals surface area (Å²) in [5.74, 6) is 0. The van der Waals surface area contributed by atoms with Crippen molar-refractivity contribution in [1.29, 1.82) is 0 Å². The highest BCUT2D eigenvalue weighted by Gasteiger charge is 2.29. The molecule has 4 heteroatoms. The van der Waals surface area contributed by atoms with Crippen molar-refractivity contribution >= 4 is 87.2 Å². The van der Waals surface area contributed by atoms with Crippen LogP contribution in [-0.2, 0) is 32.5 Å². The highest BCUT2D eigenvalue weighted by molar-refractivity contribution is 6.14. The summed E-state index contributed by atoms with van der Waals surface area (Å²) >= 11 is 0. The lowest BCUT2D eigenvalue weighted by molar-refractivity contribution is 0.567. The molecule has 0 spiro atoms. The van der Waals surface area contributed by atoms with Gasteiger partial charge in [-0.15, -0.1) is 0 Å². The first-order valence-corrected chi connectivity index (χ1v) is 39.3. The van der Waals surface area contributed by atoms with Crippen molar-refractivity contribution in [3.63, 3.8) is 0 Å². The van der Waals surface area contributed by atoms with Crippen LogP contribution in [0.4, 0.5) is 0 Å². The Morgan fingerprint density at radius 2 is 0.455 bits per heavy atom. The van der Waals surface area contributed by atoms with Crippen molar-refractivity contribution < 1.29 is 13.7 Å². The van der Waals surface area contributed by atoms with Gasteiger partial charge >= 0.3 is 0 Å². The molecule has 0 atom stereocenters. The molecule has 112 heavy (non-hydrogen) atoms. The van der Waals surface area contributed by atoms with E-state index in [-0.39, 0.29) is 104 Å². The third kappa shape index (κ3) is 14.6. The lowest BCUT2D eigenvalue weighted by Gasteiger charge is -2.27. The molecule has 0 bridgehead atoms. The fraction of sp³-hybridized carbons (Fsp3) is 0.222. The van der Waals surface area contributed by atoms with Crippen molar-refractivity contribution in [2.45, 2.75) is 157 Å². The zero-order chi connectivity index (χ0) is 87.5. The Labute approximate surface area is 678 Å². The molecule has 18 rings (SSSR count). The van der Waals surface area contributed by atoms with Crippen LogP contribution in [0.5, 0.6) is 0 Å². The van der Waals surface area contributed by atoms with Crippen LogP contribution in [0.1, 0.15) is 172 Å². The highest BCUT2D eigenvalue weighted by atomic mass is 15.0. The molecule has 0 aliphatic carbocycles. The fourth-order valence-electron chi connectivity index (χ4n) is 16.1. The van der Waals surface area contributed by atoms with E-state index in [2.05, 4.69) is 332 Å². The van der Waals surface area contributed by atoms with Crippen molar-refractivity contribution in [2.75, 3.05) is 0 Å². The van der Waals surface area contributed by atoms with Crippen LogP contribution in [-0.4, -0.2) is 18.3 Å². The van der Waals surface area contributed by atoms with Gasteiger partial charge in [0, 0.05) is 65.8 Å². The Morgan fingerprint density at radius 3 is 0.768 bits per heavy atom. The first-order valence-electron chi connectivity index (χ1n) is 44.3. The quantitative estimate of drug-likeness (QED) is 0.158. The number of rotatable bonds is 6. The van der Waals surface area contributed by atoms with Gasteiger partial charge in [-0.2, -0.15) is 0 Å². The van der Waals surface area contributed by atoms with Crippen LogP contribution < -0.4 is 0 Å². The molecule has 18 aromatic rings. The SMILES string of the molecule is CC(C)(C)c1cc(-n2c3ccccc3c3cccc(C(C)(C)C)c32)cc(C(C)(C)C)c1.CC(C)(C)c1cccc2c3ccccc3n(-c3ccc(-c4ccccc4)cc3)c12.[2H]c1c([2H])c([2H])c(-c2ccc(-n3c4ccccc4c4cccc(C(C)(C)C)c43)cc2)c([2H])c1[2H].[2H]c1c([2H])c([2H])c(-n2c3ccccc3c3cccc(C(C)(C)C)c32)c([2H])c1[2H]. The second kappa shape index (κ2) is 29.5. The second-order valence-corrected chi connectivity index (χ2v) is 35.9. The molecule has 4 nitrogen and oxygen atoms in total. The van der Waals surface area contributed by atoms with Gasteiger partial charge in [0.15, 0.2) is 0 Å². The minimum atomic E-state index is -0.379. The average molecular weight is 1470 g/mol. The zero-order valence-corrected chi connectivity index (χ0v) is 68.2. The number of benzene rings is 14. The normalized spacial score (nSPS) is 13.6. The molecule has 4 heterocycles. The van der Waals surface area contributed by atoms with Gasteiger partial charge in [-0.1, -0.05) is 379 Å². The molecule has 0 amide bonds. The van der Waals surface area contributed by atoms with E-state index in [1.165, 1.54) is 105 Å². The van der Waals surface area contributed by atoms with Crippen molar-refractivity contribution in [3.05, 3.63) is 361 Å². The Morgan fingerprint density at radius 1 is 0.196 bits per heavy atom. The van der Waals surface area contributed by atoms with Crippen LogP contribution in [0, 0.1) is 0 Å². The molecule has 14 aromatic carbocycles. The topological polar surface area (TPSA) is 19.7 Å². The third-order valence-corrected chi connectivity index (χ3v) is 21.8. The molecule has 0 saturated heterocycles. The molecule has 560 valence electrons. The maximum absolute atomic E-state index is 8.50. The summed E-state index contributed by atoms with van der Waals surface area (Å²) in [5, 5.41) is 9.66. The molecular weight excluding hydrogens is 1350 g/mol. The summed E-state index contributed by atoms with van der Waals surface area (Å²) in [6.07, 6.45) is 0. The van der Waals surface area contributed by atoms with Crippen molar-refractivity contribution in [3.8, 4) is 45.0 Å². The molecule has 0 aliphatic heterocycles. The van der Waals surface area contributed by atoms with Gasteiger partial charge in [0.2, 0.25) is 0 Å². The highest BCUT2D eigenvalue weighted by Crippen LogP contribution is 2.45. The van der Waals surface area contributed by atoms with Crippen LogP contribution in [0.3, 0.4) is 0 Å². The molecule has 0 unspecified atom stereocenters. The van der Waals surface area contributed by atoms with Crippen LogP contribution in [0.2, 0.25) is 0 Å². The minimum absolute atomic E-state index is 0.0557. The van der Waals surface area contributed by atoms with Gasteiger partial charge in [-0.3, -0.25) is 0 Å². The lowest BCUT2D eigenvalue weighted by Crippen LogP contribution is -2.18. The van der Waals surface area contributed by atoms with Crippen molar-refractivity contribution in [2.24, 2.45) is 0 Å². The number of hydrogen-bond donors (Lipinski definition) is 0. The first kappa shape index (κ1) is 64.0. The van der Waals surface area contributed by atoms with E-state index in [0.29, 0.717) is 5.56 Å². The predicted octanol–water partition coefficient (Wildman–Crippen LogP) is 30.3. The number of hydrogen-bond acceptors (Lipinski definition) is 0. The van der Waals surface area contributed by atoms with Crippen molar-refractivity contribution in [1.82, 2.24) is 18.3 Å². The summed E-state index contributed by atoms with van der Waals surface area (Å²) in [7, 11) is 0. The van der Waals surface area contributed by atoms with E-state index in [4.69, 9.17) is 13.7 Å². The maximum atomic E-state index is 8.50. The van der Waals surface area contributed by atoms with Gasteiger partial charge in [0.05, 0.1) is 57.8 Å². The molecule has 4 aromatic heterocycles. The Balaban J connectivity index is 0.000000127. The molecule has 0 radical (unpaired) electrons. The number of para-hydroxylation sites is 9. The number of aromatic nitrogens is 4. The fourth-order valence-corrected chi connectivity index (χ4v) is 16.1. The summed E-state index contributed by atoms with van der Waals surface area (Å²) in [6.45, 7) is 40.7. The monoisotopic (exact) mass is 1470 g/mol. The summed E-state index contributed by atoms with van der Waals surface area (Å²) in [6, 6.07) is 91.3. The summed E-state index contributed by atoms with van der Waals surface area (Å²) in [5.41, 5.74) is 24.0. The van der Waals surface area contributed by atoms with E-state index in [1.807, 2.05) is 77.4 Å². The average Bonchev–Trinajstić information content (AvgIpc) is 1.58. The zero-order valence-electron chi connectivity index (χ0n) is 78.2. The minimum Gasteiger partial charge on any atom is -0.309 e. The van der Waals surface area contributed by atoms with E-state index in [0.717, 1.165) is 44.1 Å². The second-order valence-electron chi connectivity index (χ2n) is 35.9. The molecule has 0 aliphatic rings. The van der Waals surface area contributed by atoms with E-state index in [1.54, 1.807) is 0 Å². The van der Waals surface area contributed by atoms with E-state index in [9.17, 15) is 0 Å². The summed E-state index contributed by atoms with van der Waals surface area (Å²) in [4.78, 5) is 0. The van der Waals surface area contributed by atoms with Gasteiger partial charge in [0.1, 0.15) is 0 Å². The van der Waals surface area contributed by atoms with Gasteiger partial charge < -0.3 is 18.3 Å². The summed E-state index contributed by atoms with van der Waals surface area (Å²) < 4.78 is 90.6. The molecular formula is C108H108N4. The number of nitrogens with zero attached hydrogens (tertiary/aromatic N) is 4. The van der Waals surface area contributed by atoms with Gasteiger partial charge in [-0.05, 0) is 161 Å². The predicted molar refractivity (Wildman–Crippen MR) is 486 cm³/mol. The maximum Gasteiger partial charge on any atom is 0.0645 e. The van der Waals surface area contributed by atoms with Crippen LogP contribution >= 0.6 is 0 Å². The van der Waals surface area contributed by atoms with E-state index < -0.39 is 0 Å². The largest absolute Gasteiger partial charge is 0.309 e. The lowest BCUT2D eigenvalue weighted by atomic mass is 9.80. The Hall–Kier alpha value is -11.7. The first-order chi connectivity index (χ1) is 57.6. The number of fused-ring (bicyclic) bond motifs is 12. The van der Waals surface area contributed by atoms with Gasteiger partial charge in [0.25, 0.3) is 0 Å². The standard InChI is InChI=1S/C30H37N.2C28H25N.C22H21N/c1-28(2,3)20-17-21(29(4,5)6)19-22(18-20)31-26-16-11-10-13-23(26)24-14-12-15-25(27(24)31)30(7,8)9;2*1-28(2,3)25-14-9-13-24-23-12-7-8-15-26(23)29(27(24)25)22-18-16-21(17-19-22)20-10-5-4-6-11-20;1-22(2,3)19-14-9-13-18-17-12-7-8-15-20(17)23(21(18)19)16-10-5-4-6-11-16/h10-19H,1-9H3;2*4-19H,1-3H3;4-15H,1-3H3/i;4D,5D,6D,10D,11D;;4D,5D,6D,10D,11D. The molecule has 0 N–H and O–H groups in total. The molecule has 0 fully saturated rings. The third-order valence-electron chi connectivity index (χ3n) is 21.8. The van der Waals surface area contributed by atoms with Crippen LogP contribution in [0.15, 0.2) is 327 Å². The Kier molecular flexibility index (Phi) is 16.9.